The van der Waals surface area contributed by atoms with Crippen LogP contribution in [-0.4, -0.2) is 33.8 Å². The molecule has 15 heavy (non-hydrogen) atoms. The van der Waals surface area contributed by atoms with Crippen LogP contribution in [0.2, 0.25) is 0 Å². The monoisotopic (exact) mass is 225 g/mol. The van der Waals surface area contributed by atoms with Gasteiger partial charge in [0, 0.05) is 24.3 Å². The molecular weight excluding hydrogens is 210 g/mol. The second-order valence-electron chi connectivity index (χ2n) is 4.30. The Hall–Kier alpha value is -0.670. The molecule has 1 aromatic heterocycles. The average Bonchev–Trinajstić information content (AvgIpc) is 2.17. The molecule has 0 unspecified atom stereocenters. The topological polar surface area (TPSA) is 29.0 Å². The van der Waals surface area contributed by atoms with Gasteiger partial charge >= 0.3 is 0 Å². The van der Waals surface area contributed by atoms with Gasteiger partial charge in [0.2, 0.25) is 0 Å². The van der Waals surface area contributed by atoms with Gasteiger partial charge in [0.05, 0.1) is 6.54 Å². The second kappa shape index (κ2) is 4.90. The molecule has 4 heteroatoms. The minimum absolute atomic E-state index is 0.413. The summed E-state index contributed by atoms with van der Waals surface area (Å²) in [4.78, 5) is 10.7. The molecule has 0 aliphatic heterocycles. The molecule has 0 spiro atoms. The van der Waals surface area contributed by atoms with Crippen LogP contribution < -0.4 is 0 Å². The molecule has 1 aliphatic rings. The zero-order valence-electron chi connectivity index (χ0n) is 8.93. The van der Waals surface area contributed by atoms with Crippen LogP contribution in [0.5, 0.6) is 0 Å². The summed E-state index contributed by atoms with van der Waals surface area (Å²) in [6, 6.07) is 1.84. The van der Waals surface area contributed by atoms with E-state index in [9.17, 15) is 0 Å². The summed E-state index contributed by atoms with van der Waals surface area (Å²) < 4.78 is 0. The lowest BCUT2D eigenvalue weighted by Gasteiger charge is -2.33. The van der Waals surface area contributed by atoms with Crippen LogP contribution in [0, 0.1) is 5.92 Å². The van der Waals surface area contributed by atoms with Crippen LogP contribution in [0.4, 0.5) is 0 Å². The smallest absolute Gasteiger partial charge is 0.142 e. The number of hydrogen-bond donors (Lipinski definition) is 0. The highest BCUT2D eigenvalue weighted by molar-refractivity contribution is 6.21. The predicted octanol–water partition coefficient (Wildman–Crippen LogP) is 1.93. The van der Waals surface area contributed by atoms with Crippen molar-refractivity contribution in [2.45, 2.75) is 24.8 Å². The van der Waals surface area contributed by atoms with Crippen molar-refractivity contribution >= 4 is 11.6 Å². The third-order valence-electron chi connectivity index (χ3n) is 2.78. The van der Waals surface area contributed by atoms with Crippen molar-refractivity contribution in [3.05, 3.63) is 24.3 Å². The van der Waals surface area contributed by atoms with E-state index in [1.165, 1.54) is 0 Å². The Bertz CT molecular complexity index is 298. The van der Waals surface area contributed by atoms with Crippen molar-refractivity contribution in [2.24, 2.45) is 5.92 Å². The quantitative estimate of drug-likeness (QED) is 0.734. The van der Waals surface area contributed by atoms with E-state index in [0.717, 1.165) is 37.7 Å². The Morgan fingerprint density at radius 2 is 2.07 bits per heavy atom. The van der Waals surface area contributed by atoms with Crippen molar-refractivity contribution in [3.8, 4) is 0 Å². The van der Waals surface area contributed by atoms with Crippen molar-refractivity contribution in [1.82, 2.24) is 14.9 Å². The van der Waals surface area contributed by atoms with Gasteiger partial charge in [-0.15, -0.1) is 11.6 Å². The third-order valence-corrected chi connectivity index (χ3v) is 3.13. The standard InChI is InChI=1S/C11H16ClN3/c1-15(7-9-5-10(12)6-9)8-11-13-3-2-4-14-11/h2-4,9-10H,5-8H2,1H3. The van der Waals surface area contributed by atoms with E-state index in [1.807, 2.05) is 6.07 Å². The third kappa shape index (κ3) is 3.14. The van der Waals surface area contributed by atoms with Crippen LogP contribution in [0.15, 0.2) is 18.5 Å². The maximum Gasteiger partial charge on any atom is 0.142 e. The first-order valence-electron chi connectivity index (χ1n) is 5.32. The number of rotatable bonds is 4. The number of aromatic nitrogens is 2. The van der Waals surface area contributed by atoms with Crippen molar-refractivity contribution in [1.29, 1.82) is 0 Å². The van der Waals surface area contributed by atoms with Crippen molar-refractivity contribution in [2.75, 3.05) is 13.6 Å². The van der Waals surface area contributed by atoms with Crippen molar-refractivity contribution in [3.63, 3.8) is 0 Å². The first-order chi connectivity index (χ1) is 7.24. The van der Waals surface area contributed by atoms with Crippen LogP contribution in [0.3, 0.4) is 0 Å². The molecular formula is C11H16ClN3. The lowest BCUT2D eigenvalue weighted by Crippen LogP contribution is -2.34. The van der Waals surface area contributed by atoms with E-state index in [1.54, 1.807) is 12.4 Å². The lowest BCUT2D eigenvalue weighted by atomic mass is 9.84. The summed E-state index contributed by atoms with van der Waals surface area (Å²) in [6.45, 7) is 1.92. The van der Waals surface area contributed by atoms with Crippen LogP contribution in [0.1, 0.15) is 18.7 Å². The fraction of sp³-hybridized carbons (Fsp3) is 0.636. The van der Waals surface area contributed by atoms with Crippen LogP contribution in [0.25, 0.3) is 0 Å². The summed E-state index contributed by atoms with van der Waals surface area (Å²) in [5.41, 5.74) is 0. The maximum absolute atomic E-state index is 5.94. The Balaban J connectivity index is 1.75. The highest BCUT2D eigenvalue weighted by Gasteiger charge is 2.27. The van der Waals surface area contributed by atoms with E-state index in [0.29, 0.717) is 5.38 Å². The predicted molar refractivity (Wildman–Crippen MR) is 60.7 cm³/mol. The van der Waals surface area contributed by atoms with E-state index in [4.69, 9.17) is 11.6 Å². The Morgan fingerprint density at radius 3 is 2.67 bits per heavy atom. The number of nitrogens with zero attached hydrogens (tertiary/aromatic N) is 3. The van der Waals surface area contributed by atoms with E-state index < -0.39 is 0 Å². The van der Waals surface area contributed by atoms with Crippen molar-refractivity contribution < 1.29 is 0 Å². The zero-order chi connectivity index (χ0) is 10.7. The van der Waals surface area contributed by atoms with Gasteiger partial charge in [-0.05, 0) is 31.9 Å². The van der Waals surface area contributed by atoms with E-state index >= 15 is 0 Å². The van der Waals surface area contributed by atoms with Gasteiger partial charge in [0.25, 0.3) is 0 Å². The van der Waals surface area contributed by atoms with Gasteiger partial charge in [-0.1, -0.05) is 0 Å². The van der Waals surface area contributed by atoms with Gasteiger partial charge in [0.15, 0.2) is 0 Å². The fourth-order valence-electron chi connectivity index (χ4n) is 1.96. The average molecular weight is 226 g/mol. The minimum atomic E-state index is 0.413. The molecule has 0 atom stereocenters. The van der Waals surface area contributed by atoms with Crippen LogP contribution in [-0.2, 0) is 6.54 Å². The molecule has 0 radical (unpaired) electrons. The molecule has 0 bridgehead atoms. The molecule has 1 saturated carbocycles. The first-order valence-corrected chi connectivity index (χ1v) is 5.76. The van der Waals surface area contributed by atoms with Gasteiger partial charge in [-0.2, -0.15) is 0 Å². The van der Waals surface area contributed by atoms with Gasteiger partial charge < -0.3 is 0 Å². The molecule has 0 aromatic carbocycles. The summed E-state index contributed by atoms with van der Waals surface area (Å²) in [6.07, 6.45) is 5.88. The molecule has 1 aromatic rings. The largest absolute Gasteiger partial charge is 0.299 e. The van der Waals surface area contributed by atoms with Gasteiger partial charge in [-0.3, -0.25) is 4.90 Å². The summed E-state index contributed by atoms with van der Waals surface area (Å²) in [5.74, 6) is 1.66. The lowest BCUT2D eigenvalue weighted by molar-refractivity contribution is 0.201. The Morgan fingerprint density at radius 1 is 1.40 bits per heavy atom. The number of alkyl halides is 1. The highest BCUT2D eigenvalue weighted by Crippen LogP contribution is 2.32. The molecule has 3 nitrogen and oxygen atoms in total. The molecule has 1 heterocycles. The zero-order valence-corrected chi connectivity index (χ0v) is 9.69. The first kappa shape index (κ1) is 10.8. The molecule has 82 valence electrons. The number of halogens is 1. The second-order valence-corrected chi connectivity index (χ2v) is 4.91. The van der Waals surface area contributed by atoms with E-state index in [2.05, 4.69) is 21.9 Å². The maximum atomic E-state index is 5.94. The Labute approximate surface area is 95.5 Å². The molecule has 0 saturated heterocycles. The van der Waals surface area contributed by atoms with Gasteiger partial charge in [-0.25, -0.2) is 9.97 Å². The highest BCUT2D eigenvalue weighted by atomic mass is 35.5. The summed E-state index contributed by atoms with van der Waals surface area (Å²) in [7, 11) is 2.11. The number of hydrogen-bond acceptors (Lipinski definition) is 3. The Kier molecular flexibility index (Phi) is 3.54. The van der Waals surface area contributed by atoms with Crippen LogP contribution >= 0.6 is 11.6 Å². The molecule has 2 rings (SSSR count). The molecule has 0 N–H and O–H groups in total. The normalized spacial score (nSPS) is 25.3. The molecule has 0 amide bonds. The van der Waals surface area contributed by atoms with E-state index in [-0.39, 0.29) is 0 Å². The van der Waals surface area contributed by atoms with Gasteiger partial charge in [0.1, 0.15) is 5.82 Å². The summed E-state index contributed by atoms with van der Waals surface area (Å²) >= 11 is 5.94. The molecule has 1 fully saturated rings. The summed E-state index contributed by atoms with van der Waals surface area (Å²) in [5, 5.41) is 0.413. The SMILES string of the molecule is CN(Cc1ncccn1)CC1CC(Cl)C1. The minimum Gasteiger partial charge on any atom is -0.299 e. The fourth-order valence-corrected chi connectivity index (χ4v) is 2.47. The molecule has 1 aliphatic carbocycles.